The molecule has 1 aliphatic heterocycles. The lowest BCUT2D eigenvalue weighted by molar-refractivity contribution is 0.175. The van der Waals surface area contributed by atoms with Gasteiger partial charge in [-0.15, -0.1) is 0 Å². The number of carbonyl (C=O) groups is 1. The Morgan fingerprint density at radius 1 is 1.14 bits per heavy atom. The summed E-state index contributed by atoms with van der Waals surface area (Å²) in [5.41, 5.74) is 1.04. The van der Waals surface area contributed by atoms with Gasteiger partial charge in [-0.05, 0) is 63.7 Å². The van der Waals surface area contributed by atoms with E-state index in [1.165, 1.54) is 19.3 Å². The fourth-order valence-electron chi connectivity index (χ4n) is 4.14. The smallest absolute Gasteiger partial charge is 0.317 e. The highest BCUT2D eigenvalue weighted by molar-refractivity contribution is 6.43. The summed E-state index contributed by atoms with van der Waals surface area (Å²) >= 11 is 12.5. The lowest BCUT2D eigenvalue weighted by atomic mass is 9.84. The van der Waals surface area contributed by atoms with Gasteiger partial charge in [0.05, 0.1) is 15.7 Å². The van der Waals surface area contributed by atoms with Crippen LogP contribution in [0.4, 0.5) is 10.5 Å². The van der Waals surface area contributed by atoms with Crippen molar-refractivity contribution in [2.45, 2.75) is 44.2 Å². The molecule has 1 aromatic carbocycles. The maximum Gasteiger partial charge on any atom is 0.317 e. The van der Waals surface area contributed by atoms with Crippen LogP contribution in [0.1, 0.15) is 32.1 Å². The van der Waals surface area contributed by atoms with E-state index in [2.05, 4.69) is 22.2 Å². The second-order valence-electron chi connectivity index (χ2n) is 8.46. The number of nitrogens with zero attached hydrogens (tertiary/aromatic N) is 3. The molecule has 7 heteroatoms. The van der Waals surface area contributed by atoms with Gasteiger partial charge in [-0.2, -0.15) is 0 Å². The Labute approximate surface area is 178 Å². The molecule has 5 nitrogen and oxygen atoms in total. The second kappa shape index (κ2) is 9.55. The zero-order valence-corrected chi connectivity index (χ0v) is 18.6. The van der Waals surface area contributed by atoms with Gasteiger partial charge in [-0.1, -0.05) is 29.3 Å². The predicted molar refractivity (Wildman–Crippen MR) is 118 cm³/mol. The van der Waals surface area contributed by atoms with Gasteiger partial charge in [-0.3, -0.25) is 4.90 Å². The quantitative estimate of drug-likeness (QED) is 0.735. The number of anilines is 1. The molecule has 0 atom stereocenters. The minimum Gasteiger partial charge on any atom is -0.367 e. The third kappa shape index (κ3) is 5.25. The van der Waals surface area contributed by atoms with E-state index in [9.17, 15) is 4.79 Å². The summed E-state index contributed by atoms with van der Waals surface area (Å²) in [6, 6.07) is 6.77. The Kier molecular flexibility index (Phi) is 7.35. The first-order valence-corrected chi connectivity index (χ1v) is 11.0. The van der Waals surface area contributed by atoms with Crippen LogP contribution in [-0.4, -0.2) is 68.7 Å². The van der Waals surface area contributed by atoms with E-state index in [-0.39, 0.29) is 6.03 Å². The number of rotatable bonds is 6. The molecule has 1 saturated carbocycles. The van der Waals surface area contributed by atoms with Crippen molar-refractivity contribution in [1.29, 1.82) is 0 Å². The molecular weight excluding hydrogens is 395 g/mol. The van der Waals surface area contributed by atoms with Crippen LogP contribution in [-0.2, 0) is 0 Å². The number of benzene rings is 1. The average molecular weight is 427 g/mol. The standard InChI is InChI=1S/C21H32Cl2N4O/c1-25(2)21(28)24-16-9-7-15(8-10-16)11-12-26(3)17-13-27(14-17)19-6-4-5-18(22)20(19)23/h4-6,15-17H,7-14H2,1-3H3,(H,24,28)/t15-,16-. The normalized spacial score (nSPS) is 22.9. The predicted octanol–water partition coefficient (Wildman–Crippen LogP) is 4.33. The molecule has 0 aromatic heterocycles. The SMILES string of the molecule is CN(C)C(=O)N[C@H]1CC[C@H](CCN(C)C2CN(c3cccc(Cl)c3Cl)C2)CC1. The fraction of sp³-hybridized carbons (Fsp3) is 0.667. The number of hydrogen-bond acceptors (Lipinski definition) is 3. The molecule has 1 aliphatic carbocycles. The Hall–Kier alpha value is -1.17. The zero-order valence-electron chi connectivity index (χ0n) is 17.1. The highest BCUT2D eigenvalue weighted by atomic mass is 35.5. The molecule has 0 unspecified atom stereocenters. The van der Waals surface area contributed by atoms with Crippen LogP contribution in [0.15, 0.2) is 18.2 Å². The fourth-order valence-corrected chi connectivity index (χ4v) is 4.55. The van der Waals surface area contributed by atoms with Crippen LogP contribution >= 0.6 is 23.2 Å². The number of nitrogens with one attached hydrogen (secondary N) is 1. The van der Waals surface area contributed by atoms with E-state index >= 15 is 0 Å². The number of amides is 2. The average Bonchev–Trinajstić information content (AvgIpc) is 2.63. The third-order valence-corrected chi connectivity index (χ3v) is 7.04. The molecule has 1 N–H and O–H groups in total. The molecular formula is C21H32Cl2N4O. The molecule has 3 rings (SSSR count). The van der Waals surface area contributed by atoms with Crippen molar-refractivity contribution in [1.82, 2.24) is 15.1 Å². The summed E-state index contributed by atoms with van der Waals surface area (Å²) in [5.74, 6) is 0.772. The van der Waals surface area contributed by atoms with E-state index in [1.54, 1.807) is 19.0 Å². The van der Waals surface area contributed by atoms with Crippen molar-refractivity contribution in [2.24, 2.45) is 5.92 Å². The highest BCUT2D eigenvalue weighted by Gasteiger charge is 2.32. The third-order valence-electron chi connectivity index (χ3n) is 6.23. The first-order chi connectivity index (χ1) is 13.3. The summed E-state index contributed by atoms with van der Waals surface area (Å²) in [4.78, 5) is 18.2. The van der Waals surface area contributed by atoms with Crippen LogP contribution in [0.25, 0.3) is 0 Å². The Morgan fingerprint density at radius 3 is 2.46 bits per heavy atom. The number of halogens is 2. The molecule has 0 bridgehead atoms. The first kappa shape index (κ1) is 21.5. The number of likely N-dealkylation sites (N-methyl/N-ethyl adjacent to an activating group) is 1. The van der Waals surface area contributed by atoms with Gasteiger partial charge in [0.15, 0.2) is 0 Å². The topological polar surface area (TPSA) is 38.8 Å². The van der Waals surface area contributed by atoms with Crippen molar-refractivity contribution in [3.8, 4) is 0 Å². The van der Waals surface area contributed by atoms with Gasteiger partial charge in [0, 0.05) is 39.3 Å². The molecule has 2 amide bonds. The van der Waals surface area contributed by atoms with Crippen LogP contribution in [0.3, 0.4) is 0 Å². The summed E-state index contributed by atoms with van der Waals surface area (Å²) in [6.07, 6.45) is 5.85. The van der Waals surface area contributed by atoms with Crippen LogP contribution in [0, 0.1) is 5.92 Å². The number of hydrogen-bond donors (Lipinski definition) is 1. The van der Waals surface area contributed by atoms with Crippen molar-refractivity contribution in [2.75, 3.05) is 45.7 Å². The van der Waals surface area contributed by atoms with Crippen molar-refractivity contribution in [3.63, 3.8) is 0 Å². The van der Waals surface area contributed by atoms with Crippen LogP contribution in [0.2, 0.25) is 10.0 Å². The molecule has 156 valence electrons. The molecule has 0 spiro atoms. The first-order valence-electron chi connectivity index (χ1n) is 10.2. The molecule has 0 radical (unpaired) electrons. The van der Waals surface area contributed by atoms with E-state index < -0.39 is 0 Å². The van der Waals surface area contributed by atoms with E-state index in [1.807, 2.05) is 18.2 Å². The second-order valence-corrected chi connectivity index (χ2v) is 9.25. The van der Waals surface area contributed by atoms with Gasteiger partial charge in [0.1, 0.15) is 0 Å². The van der Waals surface area contributed by atoms with Gasteiger partial charge < -0.3 is 15.1 Å². The van der Waals surface area contributed by atoms with Crippen LogP contribution in [0.5, 0.6) is 0 Å². The van der Waals surface area contributed by atoms with Gasteiger partial charge in [0.2, 0.25) is 0 Å². The molecule has 1 saturated heterocycles. The molecule has 2 aliphatic rings. The van der Waals surface area contributed by atoms with Crippen molar-refractivity contribution >= 4 is 34.9 Å². The lowest BCUT2D eigenvalue weighted by Gasteiger charge is -2.46. The highest BCUT2D eigenvalue weighted by Crippen LogP contribution is 2.35. The van der Waals surface area contributed by atoms with E-state index in [0.717, 1.165) is 44.1 Å². The maximum atomic E-state index is 11.8. The summed E-state index contributed by atoms with van der Waals surface area (Å²) in [7, 11) is 5.81. The largest absolute Gasteiger partial charge is 0.367 e. The van der Waals surface area contributed by atoms with Gasteiger partial charge >= 0.3 is 6.03 Å². The maximum absolute atomic E-state index is 11.8. The Balaban J connectivity index is 1.35. The number of urea groups is 1. The summed E-state index contributed by atoms with van der Waals surface area (Å²) in [6.45, 7) is 3.13. The summed E-state index contributed by atoms with van der Waals surface area (Å²) < 4.78 is 0. The van der Waals surface area contributed by atoms with Crippen LogP contribution < -0.4 is 10.2 Å². The molecule has 1 aromatic rings. The molecule has 1 heterocycles. The number of carbonyl (C=O) groups excluding carboxylic acids is 1. The van der Waals surface area contributed by atoms with Crippen molar-refractivity contribution in [3.05, 3.63) is 28.2 Å². The molecule has 2 fully saturated rings. The van der Waals surface area contributed by atoms with E-state index in [4.69, 9.17) is 23.2 Å². The zero-order chi connectivity index (χ0) is 20.3. The lowest BCUT2D eigenvalue weighted by Crippen LogP contribution is -2.58. The van der Waals surface area contributed by atoms with Gasteiger partial charge in [0.25, 0.3) is 0 Å². The Bertz CT molecular complexity index is 670. The van der Waals surface area contributed by atoms with Gasteiger partial charge in [-0.25, -0.2) is 4.79 Å². The Morgan fingerprint density at radius 2 is 1.82 bits per heavy atom. The van der Waals surface area contributed by atoms with Crippen molar-refractivity contribution < 1.29 is 4.79 Å². The minimum atomic E-state index is 0.0255. The summed E-state index contributed by atoms with van der Waals surface area (Å²) in [5, 5.41) is 4.39. The monoisotopic (exact) mass is 426 g/mol. The minimum absolute atomic E-state index is 0.0255. The van der Waals surface area contributed by atoms with E-state index in [0.29, 0.717) is 22.1 Å². The molecule has 28 heavy (non-hydrogen) atoms.